The molecule has 1 aromatic heterocycles. The number of rotatable bonds is 3. The number of ether oxygens (including phenoxy) is 1. The van der Waals surface area contributed by atoms with Gasteiger partial charge < -0.3 is 19.4 Å². The van der Waals surface area contributed by atoms with E-state index in [1.807, 2.05) is 25.7 Å². The number of aromatic nitrogens is 1. The molecule has 3 rings (SSSR count). The van der Waals surface area contributed by atoms with Crippen LogP contribution >= 0.6 is 23.2 Å². The standard InChI is InChI=1S/C21H30Cl2N4O3/c1-21(2,3)30-20(29)27-6-4-15(5-7-27)12-18(28)25-8-10-26(11-9-25)19-17(23)13-16(22)14-24-19/h13-15H,4-12H2,1-3H3. The molecular weight excluding hydrogens is 427 g/mol. The van der Waals surface area contributed by atoms with Crippen LogP contribution in [0.25, 0.3) is 0 Å². The fraction of sp³-hybridized carbons (Fsp3) is 0.667. The number of carbonyl (C=O) groups is 2. The fourth-order valence-electron chi connectivity index (χ4n) is 3.83. The van der Waals surface area contributed by atoms with Crippen LogP contribution in [0.1, 0.15) is 40.0 Å². The number of piperidine rings is 1. The van der Waals surface area contributed by atoms with E-state index in [1.165, 1.54) is 0 Å². The molecule has 3 heterocycles. The molecule has 2 amide bonds. The van der Waals surface area contributed by atoms with Gasteiger partial charge in [-0.15, -0.1) is 0 Å². The van der Waals surface area contributed by atoms with Gasteiger partial charge >= 0.3 is 6.09 Å². The van der Waals surface area contributed by atoms with Gasteiger partial charge in [-0.1, -0.05) is 23.2 Å². The Bertz CT molecular complexity index is 768. The molecule has 0 radical (unpaired) electrons. The fourth-order valence-corrected chi connectivity index (χ4v) is 4.33. The molecule has 0 atom stereocenters. The number of carbonyl (C=O) groups excluding carboxylic acids is 2. The van der Waals surface area contributed by atoms with Crippen molar-refractivity contribution in [3.05, 3.63) is 22.3 Å². The quantitative estimate of drug-likeness (QED) is 0.685. The molecule has 0 spiro atoms. The van der Waals surface area contributed by atoms with Crippen molar-refractivity contribution in [2.45, 2.75) is 45.6 Å². The van der Waals surface area contributed by atoms with Crippen molar-refractivity contribution in [1.29, 1.82) is 0 Å². The first-order valence-corrected chi connectivity index (χ1v) is 11.2. The smallest absolute Gasteiger partial charge is 0.410 e. The monoisotopic (exact) mass is 456 g/mol. The Morgan fingerprint density at radius 1 is 1.07 bits per heavy atom. The van der Waals surface area contributed by atoms with Crippen molar-refractivity contribution in [2.24, 2.45) is 5.92 Å². The van der Waals surface area contributed by atoms with E-state index in [0.717, 1.165) is 12.8 Å². The highest BCUT2D eigenvalue weighted by Crippen LogP contribution is 2.27. The molecule has 2 fully saturated rings. The van der Waals surface area contributed by atoms with Gasteiger partial charge in [-0.05, 0) is 45.6 Å². The van der Waals surface area contributed by atoms with Crippen LogP contribution in [-0.2, 0) is 9.53 Å². The minimum absolute atomic E-state index is 0.181. The molecule has 9 heteroatoms. The minimum atomic E-state index is -0.488. The molecule has 30 heavy (non-hydrogen) atoms. The molecule has 0 saturated carbocycles. The zero-order valence-corrected chi connectivity index (χ0v) is 19.4. The van der Waals surface area contributed by atoms with Crippen LogP contribution < -0.4 is 4.90 Å². The largest absolute Gasteiger partial charge is 0.444 e. The zero-order chi connectivity index (χ0) is 21.9. The summed E-state index contributed by atoms with van der Waals surface area (Å²) in [6, 6.07) is 1.69. The molecule has 0 aromatic carbocycles. The van der Waals surface area contributed by atoms with E-state index in [4.69, 9.17) is 27.9 Å². The van der Waals surface area contributed by atoms with Crippen LogP contribution in [0.15, 0.2) is 12.3 Å². The molecule has 0 aliphatic carbocycles. The summed E-state index contributed by atoms with van der Waals surface area (Å²) in [6.07, 6.45) is 3.51. The Labute approximate surface area is 188 Å². The predicted molar refractivity (Wildman–Crippen MR) is 118 cm³/mol. The summed E-state index contributed by atoms with van der Waals surface area (Å²) in [5.41, 5.74) is -0.488. The van der Waals surface area contributed by atoms with E-state index >= 15 is 0 Å². The van der Waals surface area contributed by atoms with Crippen LogP contribution in [0.4, 0.5) is 10.6 Å². The van der Waals surface area contributed by atoms with Crippen LogP contribution in [-0.4, -0.2) is 71.7 Å². The van der Waals surface area contributed by atoms with Crippen molar-refractivity contribution in [3.63, 3.8) is 0 Å². The summed E-state index contributed by atoms with van der Waals surface area (Å²) in [7, 11) is 0. The van der Waals surface area contributed by atoms with Gasteiger partial charge in [0.05, 0.1) is 10.0 Å². The second-order valence-corrected chi connectivity index (χ2v) is 9.79. The van der Waals surface area contributed by atoms with Crippen molar-refractivity contribution in [3.8, 4) is 0 Å². The molecule has 0 N–H and O–H groups in total. The summed E-state index contributed by atoms with van der Waals surface area (Å²) in [5.74, 6) is 1.20. The second-order valence-electron chi connectivity index (χ2n) is 8.94. The summed E-state index contributed by atoms with van der Waals surface area (Å²) >= 11 is 12.2. The summed E-state index contributed by atoms with van der Waals surface area (Å²) in [5, 5.41) is 1.04. The van der Waals surface area contributed by atoms with Gasteiger partial charge in [-0.3, -0.25) is 4.79 Å². The Morgan fingerprint density at radius 2 is 1.70 bits per heavy atom. The number of pyridine rings is 1. The molecule has 1 aromatic rings. The number of hydrogen-bond acceptors (Lipinski definition) is 5. The lowest BCUT2D eigenvalue weighted by atomic mass is 9.93. The molecule has 0 unspecified atom stereocenters. The van der Waals surface area contributed by atoms with Crippen LogP contribution in [0, 0.1) is 5.92 Å². The lowest BCUT2D eigenvalue weighted by molar-refractivity contribution is -0.132. The minimum Gasteiger partial charge on any atom is -0.444 e. The number of halogens is 2. The van der Waals surface area contributed by atoms with Crippen LogP contribution in [0.3, 0.4) is 0 Å². The van der Waals surface area contributed by atoms with Crippen molar-refractivity contribution < 1.29 is 14.3 Å². The number of piperazine rings is 1. The van der Waals surface area contributed by atoms with Crippen LogP contribution in [0.2, 0.25) is 10.0 Å². The highest BCUT2D eigenvalue weighted by molar-refractivity contribution is 6.36. The molecule has 2 aliphatic rings. The summed E-state index contributed by atoms with van der Waals surface area (Å²) in [6.45, 7) is 9.57. The molecular formula is C21H30Cl2N4O3. The number of anilines is 1. The highest BCUT2D eigenvalue weighted by atomic mass is 35.5. The van der Waals surface area contributed by atoms with Gasteiger partial charge in [0.1, 0.15) is 11.4 Å². The van der Waals surface area contributed by atoms with E-state index in [9.17, 15) is 9.59 Å². The Morgan fingerprint density at radius 3 is 2.27 bits per heavy atom. The summed E-state index contributed by atoms with van der Waals surface area (Å²) < 4.78 is 5.44. The number of hydrogen-bond donors (Lipinski definition) is 0. The first-order valence-electron chi connectivity index (χ1n) is 10.4. The normalized spacial score (nSPS) is 18.5. The van der Waals surface area contributed by atoms with Gasteiger partial charge in [0.25, 0.3) is 0 Å². The average Bonchev–Trinajstić information content (AvgIpc) is 2.67. The van der Waals surface area contributed by atoms with E-state index in [0.29, 0.717) is 67.5 Å². The second kappa shape index (κ2) is 9.60. The third-order valence-electron chi connectivity index (χ3n) is 5.45. The van der Waals surface area contributed by atoms with Crippen LogP contribution in [0.5, 0.6) is 0 Å². The molecule has 2 aliphatic heterocycles. The predicted octanol–water partition coefficient (Wildman–Crippen LogP) is 4.07. The summed E-state index contributed by atoms with van der Waals surface area (Å²) in [4.78, 5) is 35.0. The Kier molecular flexibility index (Phi) is 7.34. The van der Waals surface area contributed by atoms with Gasteiger partial charge in [0, 0.05) is 51.9 Å². The zero-order valence-electron chi connectivity index (χ0n) is 17.9. The van der Waals surface area contributed by atoms with Gasteiger partial charge in [0.2, 0.25) is 5.91 Å². The third kappa shape index (κ3) is 6.14. The lowest BCUT2D eigenvalue weighted by Crippen LogP contribution is -2.49. The first kappa shape index (κ1) is 22.9. The maximum atomic E-state index is 12.8. The van der Waals surface area contributed by atoms with E-state index in [-0.39, 0.29) is 12.0 Å². The Balaban J connectivity index is 1.43. The van der Waals surface area contributed by atoms with Gasteiger partial charge in [0.15, 0.2) is 0 Å². The maximum Gasteiger partial charge on any atom is 0.410 e. The molecule has 2 saturated heterocycles. The number of amides is 2. The Hall–Kier alpha value is -1.73. The first-order chi connectivity index (χ1) is 14.1. The maximum absolute atomic E-state index is 12.8. The lowest BCUT2D eigenvalue weighted by Gasteiger charge is -2.37. The van der Waals surface area contributed by atoms with Crippen molar-refractivity contribution in [1.82, 2.24) is 14.8 Å². The van der Waals surface area contributed by atoms with Crippen molar-refractivity contribution >= 4 is 41.0 Å². The van der Waals surface area contributed by atoms with E-state index < -0.39 is 5.60 Å². The highest BCUT2D eigenvalue weighted by Gasteiger charge is 2.30. The topological polar surface area (TPSA) is 66.0 Å². The molecule has 0 bridgehead atoms. The third-order valence-corrected chi connectivity index (χ3v) is 5.93. The van der Waals surface area contributed by atoms with E-state index in [1.54, 1.807) is 17.2 Å². The number of likely N-dealkylation sites (tertiary alicyclic amines) is 1. The average molecular weight is 457 g/mol. The van der Waals surface area contributed by atoms with Crippen molar-refractivity contribution in [2.75, 3.05) is 44.2 Å². The number of nitrogens with zero attached hydrogens (tertiary/aromatic N) is 4. The van der Waals surface area contributed by atoms with Gasteiger partial charge in [-0.25, -0.2) is 9.78 Å². The van der Waals surface area contributed by atoms with Gasteiger partial charge in [-0.2, -0.15) is 0 Å². The van der Waals surface area contributed by atoms with E-state index in [2.05, 4.69) is 9.88 Å². The molecule has 166 valence electrons. The SMILES string of the molecule is CC(C)(C)OC(=O)N1CCC(CC(=O)N2CCN(c3ncc(Cl)cc3Cl)CC2)CC1. The molecule has 7 nitrogen and oxygen atoms in total.